The summed E-state index contributed by atoms with van der Waals surface area (Å²) in [6.07, 6.45) is 0.266. The second kappa shape index (κ2) is 7.34. The van der Waals surface area contributed by atoms with Crippen molar-refractivity contribution in [1.82, 2.24) is 4.90 Å². The Morgan fingerprint density at radius 1 is 1.33 bits per heavy atom. The Morgan fingerprint density at radius 2 is 1.96 bits per heavy atom. The molecule has 24 heavy (non-hydrogen) atoms. The molecule has 1 fully saturated rings. The largest absolute Gasteiger partial charge is 0.460 e. The van der Waals surface area contributed by atoms with Gasteiger partial charge < -0.3 is 10.1 Å². The van der Waals surface area contributed by atoms with E-state index in [1.807, 2.05) is 57.7 Å². The molecule has 0 radical (unpaired) electrons. The van der Waals surface area contributed by atoms with Crippen molar-refractivity contribution in [2.24, 2.45) is 5.41 Å². The first kappa shape index (κ1) is 18.5. The molecule has 0 aromatic heterocycles. The maximum absolute atomic E-state index is 12.4. The van der Waals surface area contributed by atoms with Crippen LogP contribution in [0, 0.1) is 19.3 Å². The Bertz CT molecular complexity index is 605. The third kappa shape index (κ3) is 4.35. The summed E-state index contributed by atoms with van der Waals surface area (Å²) >= 11 is 0. The lowest BCUT2D eigenvalue weighted by Crippen LogP contribution is -2.42. The van der Waals surface area contributed by atoms with E-state index in [4.69, 9.17) is 4.74 Å². The van der Waals surface area contributed by atoms with Gasteiger partial charge in [-0.1, -0.05) is 39.0 Å². The van der Waals surface area contributed by atoms with Crippen LogP contribution in [0.25, 0.3) is 0 Å². The van der Waals surface area contributed by atoms with Crippen molar-refractivity contribution in [3.05, 3.63) is 29.3 Å². The molecule has 1 unspecified atom stereocenters. The smallest absolute Gasteiger partial charge is 0.306 e. The molecule has 1 amide bonds. The summed E-state index contributed by atoms with van der Waals surface area (Å²) in [5, 5.41) is 3.01. The molecule has 132 valence electrons. The van der Waals surface area contributed by atoms with Crippen LogP contribution in [-0.4, -0.2) is 42.5 Å². The first-order valence-electron chi connectivity index (χ1n) is 8.51. The number of amides is 1. The van der Waals surface area contributed by atoms with Crippen LogP contribution in [0.2, 0.25) is 0 Å². The van der Waals surface area contributed by atoms with Gasteiger partial charge in [0.25, 0.3) is 0 Å². The van der Waals surface area contributed by atoms with E-state index in [9.17, 15) is 9.59 Å². The fourth-order valence-electron chi connectivity index (χ4n) is 3.06. The monoisotopic (exact) mass is 332 g/mol. The summed E-state index contributed by atoms with van der Waals surface area (Å²) in [7, 11) is 0. The molecule has 1 atom stereocenters. The Morgan fingerprint density at radius 3 is 2.46 bits per heavy atom. The molecule has 1 aliphatic heterocycles. The number of carbonyl (C=O) groups excluding carboxylic acids is 2. The van der Waals surface area contributed by atoms with Crippen molar-refractivity contribution < 1.29 is 14.3 Å². The number of ether oxygens (including phenoxy) is 1. The summed E-state index contributed by atoms with van der Waals surface area (Å²) in [6.45, 7) is 11.6. The van der Waals surface area contributed by atoms with Gasteiger partial charge in [-0.2, -0.15) is 0 Å². The zero-order chi connectivity index (χ0) is 17.9. The zero-order valence-electron chi connectivity index (χ0n) is 15.3. The molecule has 0 aliphatic carbocycles. The molecule has 0 spiro atoms. The summed E-state index contributed by atoms with van der Waals surface area (Å²) in [5.41, 5.74) is 2.80. The lowest BCUT2D eigenvalue weighted by atomic mass is 9.85. The summed E-state index contributed by atoms with van der Waals surface area (Å²) < 4.78 is 5.43. The molecule has 5 heteroatoms. The fraction of sp³-hybridized carbons (Fsp3) is 0.579. The van der Waals surface area contributed by atoms with Gasteiger partial charge in [0.05, 0.1) is 13.0 Å². The van der Waals surface area contributed by atoms with Gasteiger partial charge in [-0.3, -0.25) is 14.5 Å². The second-order valence-corrected chi connectivity index (χ2v) is 7.29. The van der Waals surface area contributed by atoms with E-state index in [1.54, 1.807) is 0 Å². The van der Waals surface area contributed by atoms with Gasteiger partial charge in [0.1, 0.15) is 6.10 Å². The number of para-hydroxylation sites is 1. The van der Waals surface area contributed by atoms with Crippen molar-refractivity contribution >= 4 is 17.6 Å². The number of rotatable bonds is 6. The van der Waals surface area contributed by atoms with Gasteiger partial charge in [0, 0.05) is 17.6 Å². The van der Waals surface area contributed by atoms with E-state index in [-0.39, 0.29) is 29.9 Å². The lowest BCUT2D eigenvalue weighted by molar-refractivity contribution is -0.142. The molecule has 0 saturated carbocycles. The minimum atomic E-state index is -0.187. The first-order valence-corrected chi connectivity index (χ1v) is 8.51. The molecule has 0 bridgehead atoms. The highest BCUT2D eigenvalue weighted by molar-refractivity contribution is 5.93. The lowest BCUT2D eigenvalue weighted by Gasteiger charge is -2.29. The van der Waals surface area contributed by atoms with E-state index in [0.717, 1.165) is 23.4 Å². The average molecular weight is 332 g/mol. The number of nitrogens with one attached hydrogen (secondary N) is 1. The molecular formula is C19H28N2O3. The number of benzene rings is 1. The number of anilines is 1. The number of esters is 1. The van der Waals surface area contributed by atoms with E-state index < -0.39 is 0 Å². The van der Waals surface area contributed by atoms with Crippen LogP contribution < -0.4 is 5.32 Å². The topological polar surface area (TPSA) is 58.6 Å². The highest BCUT2D eigenvalue weighted by Crippen LogP contribution is 2.35. The predicted octanol–water partition coefficient (Wildman–Crippen LogP) is 2.91. The van der Waals surface area contributed by atoms with Crippen LogP contribution in [0.3, 0.4) is 0 Å². The highest BCUT2D eigenvalue weighted by Gasteiger charge is 2.42. The number of cyclic esters (lactones) is 1. The molecule has 5 nitrogen and oxygen atoms in total. The van der Waals surface area contributed by atoms with Crippen molar-refractivity contribution in [1.29, 1.82) is 0 Å². The molecule has 1 saturated heterocycles. The van der Waals surface area contributed by atoms with Crippen LogP contribution >= 0.6 is 0 Å². The summed E-state index contributed by atoms with van der Waals surface area (Å²) in [4.78, 5) is 26.0. The molecule has 1 aliphatic rings. The standard InChI is InChI=1S/C19H28N2O3/c1-6-21(11-15-19(4,5)10-17(23)24-15)12-16(22)20-18-13(2)8-7-9-14(18)3/h7-9,15H,6,10-12H2,1-5H3,(H,20,22). The third-order valence-electron chi connectivity index (χ3n) is 4.73. The molecule has 1 aromatic carbocycles. The fourth-order valence-corrected chi connectivity index (χ4v) is 3.06. The molecule has 2 rings (SSSR count). The van der Waals surface area contributed by atoms with Crippen molar-refractivity contribution in [2.45, 2.75) is 47.1 Å². The third-order valence-corrected chi connectivity index (χ3v) is 4.73. The van der Waals surface area contributed by atoms with Crippen molar-refractivity contribution in [2.75, 3.05) is 25.0 Å². The van der Waals surface area contributed by atoms with Gasteiger partial charge in [-0.25, -0.2) is 0 Å². The van der Waals surface area contributed by atoms with Crippen LogP contribution in [-0.2, 0) is 14.3 Å². The van der Waals surface area contributed by atoms with Crippen LogP contribution in [0.5, 0.6) is 0 Å². The predicted molar refractivity (Wildman–Crippen MR) is 94.9 cm³/mol. The Balaban J connectivity index is 1.97. The van der Waals surface area contributed by atoms with E-state index in [1.165, 1.54) is 0 Å². The number of hydrogen-bond acceptors (Lipinski definition) is 4. The minimum Gasteiger partial charge on any atom is -0.460 e. The van der Waals surface area contributed by atoms with Gasteiger partial charge in [-0.05, 0) is 31.5 Å². The van der Waals surface area contributed by atoms with Crippen molar-refractivity contribution in [3.8, 4) is 0 Å². The normalized spacial score (nSPS) is 19.4. The molecule has 1 heterocycles. The number of nitrogens with zero attached hydrogens (tertiary/aromatic N) is 1. The first-order chi connectivity index (χ1) is 11.2. The highest BCUT2D eigenvalue weighted by atomic mass is 16.6. The van der Waals surface area contributed by atoms with Crippen LogP contribution in [0.1, 0.15) is 38.3 Å². The van der Waals surface area contributed by atoms with E-state index in [0.29, 0.717) is 13.0 Å². The number of likely N-dealkylation sites (N-methyl/N-ethyl adjacent to an activating group) is 1. The maximum Gasteiger partial charge on any atom is 0.306 e. The summed E-state index contributed by atoms with van der Waals surface area (Å²) in [5.74, 6) is -0.197. The molecular weight excluding hydrogens is 304 g/mol. The minimum absolute atomic E-state index is 0.0450. The molecule has 1 N–H and O–H groups in total. The van der Waals surface area contributed by atoms with E-state index >= 15 is 0 Å². The maximum atomic E-state index is 12.4. The van der Waals surface area contributed by atoms with Crippen LogP contribution in [0.4, 0.5) is 5.69 Å². The van der Waals surface area contributed by atoms with Gasteiger partial charge in [0.2, 0.25) is 5.91 Å². The van der Waals surface area contributed by atoms with Gasteiger partial charge in [0.15, 0.2) is 0 Å². The number of aryl methyl sites for hydroxylation is 2. The van der Waals surface area contributed by atoms with Crippen LogP contribution in [0.15, 0.2) is 18.2 Å². The number of hydrogen-bond donors (Lipinski definition) is 1. The second-order valence-electron chi connectivity index (χ2n) is 7.29. The number of carbonyl (C=O) groups is 2. The summed E-state index contributed by atoms with van der Waals surface area (Å²) in [6, 6.07) is 5.95. The zero-order valence-corrected chi connectivity index (χ0v) is 15.3. The Labute approximate surface area is 144 Å². The van der Waals surface area contributed by atoms with Crippen molar-refractivity contribution in [3.63, 3.8) is 0 Å². The Hall–Kier alpha value is -1.88. The SMILES string of the molecule is CCN(CC(=O)Nc1c(C)cccc1C)CC1OC(=O)CC1(C)C. The van der Waals surface area contributed by atoms with Gasteiger partial charge in [-0.15, -0.1) is 0 Å². The Kier molecular flexibility index (Phi) is 5.65. The average Bonchev–Trinajstić information content (AvgIpc) is 2.74. The van der Waals surface area contributed by atoms with Gasteiger partial charge >= 0.3 is 5.97 Å². The van der Waals surface area contributed by atoms with E-state index in [2.05, 4.69) is 5.32 Å². The molecule has 1 aromatic rings. The quantitative estimate of drug-likeness (QED) is 0.814.